The summed E-state index contributed by atoms with van der Waals surface area (Å²) in [6, 6.07) is 13.5. The van der Waals surface area contributed by atoms with Crippen molar-refractivity contribution < 1.29 is 9.59 Å². The van der Waals surface area contributed by atoms with Crippen molar-refractivity contribution in [2.45, 2.75) is 40.0 Å². The molecule has 4 rings (SSSR count). The van der Waals surface area contributed by atoms with E-state index in [0.29, 0.717) is 11.3 Å². The van der Waals surface area contributed by atoms with Gasteiger partial charge < -0.3 is 10.2 Å². The Kier molecular flexibility index (Phi) is 5.53. The minimum atomic E-state index is -0.104. The first-order chi connectivity index (χ1) is 14.5. The number of nitrogens with zero attached hydrogens (tertiary/aromatic N) is 2. The zero-order valence-electron chi connectivity index (χ0n) is 17.8. The van der Waals surface area contributed by atoms with Crippen LogP contribution in [0.1, 0.15) is 45.6 Å². The summed E-state index contributed by atoms with van der Waals surface area (Å²) in [4.78, 5) is 32.2. The molecule has 1 aromatic heterocycles. The molecule has 0 bridgehead atoms. The number of aromatic nitrogens is 1. The van der Waals surface area contributed by atoms with Crippen LogP contribution in [0.25, 0.3) is 10.9 Å². The zero-order chi connectivity index (χ0) is 21.3. The first kappa shape index (κ1) is 20.1. The molecular weight excluding hydrogens is 374 g/mol. The van der Waals surface area contributed by atoms with Gasteiger partial charge in [0.05, 0.1) is 11.9 Å². The standard InChI is InChI=1S/C25H27N3O2/c1-16-19-9-4-5-11-23(19)26-18(3)21(16)15-24(29)27-22-12-8-10-20(17(22)2)25(30)28-13-6-7-14-28/h4-5,8-12H,6-7,13-15H2,1-3H3,(H,27,29). The van der Waals surface area contributed by atoms with E-state index in [1.54, 1.807) is 0 Å². The highest BCUT2D eigenvalue weighted by Gasteiger charge is 2.22. The van der Waals surface area contributed by atoms with Crippen LogP contribution in [0.2, 0.25) is 0 Å². The van der Waals surface area contributed by atoms with Crippen LogP contribution in [-0.4, -0.2) is 34.8 Å². The number of benzene rings is 2. The number of carbonyl (C=O) groups excluding carboxylic acids is 2. The first-order valence-corrected chi connectivity index (χ1v) is 10.5. The van der Waals surface area contributed by atoms with E-state index in [9.17, 15) is 9.59 Å². The summed E-state index contributed by atoms with van der Waals surface area (Å²) in [7, 11) is 0. The number of hydrogen-bond donors (Lipinski definition) is 1. The summed E-state index contributed by atoms with van der Waals surface area (Å²) < 4.78 is 0. The van der Waals surface area contributed by atoms with Gasteiger partial charge in [0, 0.05) is 35.4 Å². The van der Waals surface area contributed by atoms with E-state index < -0.39 is 0 Å². The van der Waals surface area contributed by atoms with Crippen LogP contribution in [0, 0.1) is 20.8 Å². The highest BCUT2D eigenvalue weighted by atomic mass is 16.2. The summed E-state index contributed by atoms with van der Waals surface area (Å²) in [5.74, 6) is -0.0568. The van der Waals surface area contributed by atoms with E-state index in [0.717, 1.165) is 59.2 Å². The Labute approximate surface area is 177 Å². The lowest BCUT2D eigenvalue weighted by Crippen LogP contribution is -2.28. The second-order valence-corrected chi connectivity index (χ2v) is 8.02. The average molecular weight is 402 g/mol. The number of para-hydroxylation sites is 1. The number of nitrogens with one attached hydrogen (secondary N) is 1. The van der Waals surface area contributed by atoms with E-state index in [4.69, 9.17) is 0 Å². The molecule has 2 aromatic carbocycles. The molecule has 0 saturated carbocycles. The lowest BCUT2D eigenvalue weighted by molar-refractivity contribution is -0.115. The minimum Gasteiger partial charge on any atom is -0.339 e. The van der Waals surface area contributed by atoms with Crippen molar-refractivity contribution in [3.8, 4) is 0 Å². The predicted octanol–water partition coefficient (Wildman–Crippen LogP) is 4.58. The molecule has 2 heterocycles. The van der Waals surface area contributed by atoms with E-state index in [1.807, 2.05) is 68.1 Å². The highest BCUT2D eigenvalue weighted by molar-refractivity contribution is 6.00. The van der Waals surface area contributed by atoms with Gasteiger partial charge in [-0.3, -0.25) is 14.6 Å². The number of rotatable bonds is 4. The molecule has 30 heavy (non-hydrogen) atoms. The second kappa shape index (κ2) is 8.27. The van der Waals surface area contributed by atoms with Gasteiger partial charge in [-0.2, -0.15) is 0 Å². The Morgan fingerprint density at radius 1 is 0.967 bits per heavy atom. The van der Waals surface area contributed by atoms with Gasteiger partial charge in [0.1, 0.15) is 0 Å². The molecule has 1 aliphatic heterocycles. The number of pyridine rings is 1. The number of fused-ring (bicyclic) bond motifs is 1. The largest absolute Gasteiger partial charge is 0.339 e. The Morgan fingerprint density at radius 3 is 2.47 bits per heavy atom. The molecule has 0 unspecified atom stereocenters. The maximum atomic E-state index is 12.9. The van der Waals surface area contributed by atoms with E-state index in [1.165, 1.54) is 0 Å². The van der Waals surface area contributed by atoms with Gasteiger partial charge in [0.25, 0.3) is 5.91 Å². The summed E-state index contributed by atoms with van der Waals surface area (Å²) in [5, 5.41) is 4.08. The Bertz CT molecular complexity index is 1130. The van der Waals surface area contributed by atoms with E-state index >= 15 is 0 Å². The molecule has 1 saturated heterocycles. The monoisotopic (exact) mass is 401 g/mol. The Morgan fingerprint density at radius 2 is 1.70 bits per heavy atom. The number of hydrogen-bond acceptors (Lipinski definition) is 3. The minimum absolute atomic E-state index is 0.0477. The first-order valence-electron chi connectivity index (χ1n) is 10.5. The number of carbonyl (C=O) groups is 2. The molecule has 0 atom stereocenters. The third kappa shape index (κ3) is 3.80. The molecule has 1 aliphatic rings. The molecule has 2 amide bonds. The van der Waals surface area contributed by atoms with Gasteiger partial charge in [-0.1, -0.05) is 24.3 Å². The van der Waals surface area contributed by atoms with Gasteiger partial charge in [-0.25, -0.2) is 0 Å². The maximum absolute atomic E-state index is 12.9. The van der Waals surface area contributed by atoms with E-state index in [2.05, 4.69) is 10.3 Å². The van der Waals surface area contributed by atoms with Crippen molar-refractivity contribution in [3.63, 3.8) is 0 Å². The van der Waals surface area contributed by atoms with Crippen molar-refractivity contribution in [1.29, 1.82) is 0 Å². The van der Waals surface area contributed by atoms with E-state index in [-0.39, 0.29) is 18.2 Å². The second-order valence-electron chi connectivity index (χ2n) is 8.02. The van der Waals surface area contributed by atoms with Crippen LogP contribution in [0.4, 0.5) is 5.69 Å². The quantitative estimate of drug-likeness (QED) is 0.696. The van der Waals surface area contributed by atoms with Crippen LogP contribution in [0.15, 0.2) is 42.5 Å². The van der Waals surface area contributed by atoms with Crippen molar-refractivity contribution >= 4 is 28.4 Å². The van der Waals surface area contributed by atoms with Crippen molar-refractivity contribution in [2.24, 2.45) is 0 Å². The normalized spacial score (nSPS) is 13.6. The van der Waals surface area contributed by atoms with Crippen LogP contribution < -0.4 is 5.32 Å². The van der Waals surface area contributed by atoms with Gasteiger partial charge in [0.15, 0.2) is 0 Å². The Hall–Kier alpha value is -3.21. The molecule has 5 nitrogen and oxygen atoms in total. The Balaban J connectivity index is 1.56. The van der Waals surface area contributed by atoms with Crippen molar-refractivity contribution in [1.82, 2.24) is 9.88 Å². The van der Waals surface area contributed by atoms with Gasteiger partial charge in [0.2, 0.25) is 5.91 Å². The topological polar surface area (TPSA) is 62.3 Å². The molecule has 154 valence electrons. The van der Waals surface area contributed by atoms with Crippen molar-refractivity contribution in [3.05, 3.63) is 70.4 Å². The molecule has 0 aliphatic carbocycles. The lowest BCUT2D eigenvalue weighted by atomic mass is 9.99. The summed E-state index contributed by atoms with van der Waals surface area (Å²) in [6.45, 7) is 7.50. The SMILES string of the molecule is Cc1nc2ccccc2c(C)c1CC(=O)Nc1cccc(C(=O)N2CCCC2)c1C. The average Bonchev–Trinajstić information content (AvgIpc) is 3.27. The molecule has 0 spiro atoms. The fraction of sp³-hybridized carbons (Fsp3) is 0.320. The number of likely N-dealkylation sites (tertiary alicyclic amines) is 1. The van der Waals surface area contributed by atoms with Crippen LogP contribution in [0.5, 0.6) is 0 Å². The van der Waals surface area contributed by atoms with Gasteiger partial charge in [-0.15, -0.1) is 0 Å². The highest BCUT2D eigenvalue weighted by Crippen LogP contribution is 2.25. The number of anilines is 1. The van der Waals surface area contributed by atoms with Crippen LogP contribution in [0.3, 0.4) is 0 Å². The fourth-order valence-electron chi connectivity index (χ4n) is 4.28. The van der Waals surface area contributed by atoms with Crippen LogP contribution in [-0.2, 0) is 11.2 Å². The number of amides is 2. The summed E-state index contributed by atoms with van der Waals surface area (Å²) in [5.41, 5.74) is 6.02. The predicted molar refractivity (Wildman–Crippen MR) is 120 cm³/mol. The van der Waals surface area contributed by atoms with Gasteiger partial charge >= 0.3 is 0 Å². The molecular formula is C25H27N3O2. The van der Waals surface area contributed by atoms with Crippen LogP contribution >= 0.6 is 0 Å². The fourth-order valence-corrected chi connectivity index (χ4v) is 4.28. The van der Waals surface area contributed by atoms with Gasteiger partial charge in [-0.05, 0) is 68.5 Å². The molecule has 1 fully saturated rings. The molecule has 5 heteroatoms. The van der Waals surface area contributed by atoms with Crippen molar-refractivity contribution in [2.75, 3.05) is 18.4 Å². The summed E-state index contributed by atoms with van der Waals surface area (Å²) in [6.07, 6.45) is 2.36. The third-order valence-electron chi connectivity index (χ3n) is 6.05. The molecule has 3 aromatic rings. The lowest BCUT2D eigenvalue weighted by Gasteiger charge is -2.18. The summed E-state index contributed by atoms with van der Waals surface area (Å²) >= 11 is 0. The maximum Gasteiger partial charge on any atom is 0.254 e. The molecule has 1 N–H and O–H groups in total. The zero-order valence-corrected chi connectivity index (χ0v) is 17.8. The third-order valence-corrected chi connectivity index (χ3v) is 6.05. The number of aryl methyl sites for hydroxylation is 2. The molecule has 0 radical (unpaired) electrons. The smallest absolute Gasteiger partial charge is 0.254 e.